The molecule has 6 nitrogen and oxygen atoms in total. The summed E-state index contributed by atoms with van der Waals surface area (Å²) in [6.45, 7) is 6.48. The monoisotopic (exact) mass is 302 g/mol. The van der Waals surface area contributed by atoms with Crippen LogP contribution in [0.3, 0.4) is 0 Å². The summed E-state index contributed by atoms with van der Waals surface area (Å²) in [6, 6.07) is -0.973. The Kier molecular flexibility index (Phi) is 4.49. The van der Waals surface area contributed by atoms with E-state index in [0.29, 0.717) is 12.4 Å². The van der Waals surface area contributed by atoms with Crippen LogP contribution in [-0.4, -0.2) is 57.4 Å². The van der Waals surface area contributed by atoms with Gasteiger partial charge < -0.3 is 15.2 Å². The first-order valence-corrected chi connectivity index (χ1v) is 7.92. The Labute approximate surface area is 123 Å². The molecule has 0 radical (unpaired) electrons. The number of nitrogens with one attached hydrogen (secondary N) is 1. The van der Waals surface area contributed by atoms with E-state index in [2.05, 4.69) is 5.32 Å². The number of ether oxygens (including phenoxy) is 1. The van der Waals surface area contributed by atoms with Gasteiger partial charge in [-0.15, -0.1) is 11.8 Å². The van der Waals surface area contributed by atoms with Crippen molar-refractivity contribution in [1.29, 1.82) is 0 Å². The van der Waals surface area contributed by atoms with Gasteiger partial charge in [-0.25, -0.2) is 9.59 Å². The van der Waals surface area contributed by atoms with Crippen LogP contribution >= 0.6 is 11.8 Å². The van der Waals surface area contributed by atoms with E-state index in [1.165, 1.54) is 16.7 Å². The maximum absolute atomic E-state index is 12.3. The van der Waals surface area contributed by atoms with Crippen molar-refractivity contribution < 1.29 is 19.4 Å². The minimum Gasteiger partial charge on any atom is -0.480 e. The fourth-order valence-corrected chi connectivity index (χ4v) is 3.91. The Morgan fingerprint density at radius 2 is 2.15 bits per heavy atom. The van der Waals surface area contributed by atoms with E-state index in [4.69, 9.17) is 4.74 Å². The van der Waals surface area contributed by atoms with E-state index < -0.39 is 12.0 Å². The van der Waals surface area contributed by atoms with Crippen molar-refractivity contribution in [2.24, 2.45) is 0 Å². The number of thioether (sulfide) groups is 1. The minimum atomic E-state index is -0.940. The van der Waals surface area contributed by atoms with Gasteiger partial charge in [0.2, 0.25) is 0 Å². The standard InChI is InChI=1S/C13H22N2O4S/c1-8-15(10(7-20-8)11(16)17)12(18)14-9-4-5-19-13(2,3)6-9/h8-10H,4-7H2,1-3H3,(H,14,18)(H,16,17). The number of amides is 2. The summed E-state index contributed by atoms with van der Waals surface area (Å²) in [7, 11) is 0. The maximum Gasteiger partial charge on any atom is 0.327 e. The normalized spacial score (nSPS) is 33.0. The van der Waals surface area contributed by atoms with Gasteiger partial charge in [0.15, 0.2) is 0 Å². The quantitative estimate of drug-likeness (QED) is 0.808. The van der Waals surface area contributed by atoms with E-state index >= 15 is 0 Å². The first-order chi connectivity index (χ1) is 9.30. The van der Waals surface area contributed by atoms with Gasteiger partial charge in [-0.05, 0) is 33.6 Å². The van der Waals surface area contributed by atoms with Crippen molar-refractivity contribution in [3.8, 4) is 0 Å². The number of nitrogens with zero attached hydrogens (tertiary/aromatic N) is 1. The topological polar surface area (TPSA) is 78.9 Å². The predicted octanol–water partition coefficient (Wildman–Crippen LogP) is 1.50. The number of carboxylic acids is 1. The summed E-state index contributed by atoms with van der Waals surface area (Å²) in [5.74, 6) is -0.493. The third-order valence-corrected chi connectivity index (χ3v) is 4.98. The zero-order valence-corrected chi connectivity index (χ0v) is 12.9. The van der Waals surface area contributed by atoms with Crippen LogP contribution in [0.2, 0.25) is 0 Å². The second-order valence-electron chi connectivity index (χ2n) is 5.94. The molecule has 0 spiro atoms. The summed E-state index contributed by atoms with van der Waals surface area (Å²) in [5, 5.41) is 12.0. The van der Waals surface area contributed by atoms with Crippen LogP contribution in [0.15, 0.2) is 0 Å². The molecule has 2 fully saturated rings. The summed E-state index contributed by atoms with van der Waals surface area (Å²) in [6.07, 6.45) is 1.51. The van der Waals surface area contributed by atoms with Crippen molar-refractivity contribution in [1.82, 2.24) is 10.2 Å². The highest BCUT2D eigenvalue weighted by Gasteiger charge is 2.40. The Morgan fingerprint density at radius 3 is 2.75 bits per heavy atom. The van der Waals surface area contributed by atoms with Crippen LogP contribution < -0.4 is 5.32 Å². The Balaban J connectivity index is 1.98. The van der Waals surface area contributed by atoms with E-state index in [9.17, 15) is 14.7 Å². The predicted molar refractivity (Wildman–Crippen MR) is 76.8 cm³/mol. The summed E-state index contributed by atoms with van der Waals surface area (Å²) < 4.78 is 5.62. The van der Waals surface area contributed by atoms with Gasteiger partial charge in [0, 0.05) is 18.4 Å². The number of hydrogen-bond donors (Lipinski definition) is 2. The van der Waals surface area contributed by atoms with Crippen LogP contribution in [0, 0.1) is 0 Å². The van der Waals surface area contributed by atoms with Gasteiger partial charge >= 0.3 is 12.0 Å². The zero-order chi connectivity index (χ0) is 14.9. The molecule has 2 heterocycles. The van der Waals surface area contributed by atoms with Crippen molar-refractivity contribution >= 4 is 23.8 Å². The minimum absolute atomic E-state index is 0.0403. The molecule has 2 aliphatic rings. The van der Waals surface area contributed by atoms with E-state index in [-0.39, 0.29) is 23.0 Å². The van der Waals surface area contributed by atoms with Crippen molar-refractivity contribution in [2.45, 2.75) is 56.7 Å². The molecule has 3 atom stereocenters. The van der Waals surface area contributed by atoms with Gasteiger partial charge in [0.05, 0.1) is 11.0 Å². The van der Waals surface area contributed by atoms with Crippen molar-refractivity contribution in [2.75, 3.05) is 12.4 Å². The lowest BCUT2D eigenvalue weighted by Crippen LogP contribution is -2.54. The molecule has 0 aromatic carbocycles. The highest BCUT2D eigenvalue weighted by atomic mass is 32.2. The number of rotatable bonds is 2. The summed E-state index contributed by atoms with van der Waals surface area (Å²) >= 11 is 1.49. The summed E-state index contributed by atoms with van der Waals surface area (Å²) in [4.78, 5) is 25.0. The molecule has 7 heteroatoms. The largest absolute Gasteiger partial charge is 0.480 e. The SMILES string of the molecule is CC1SCC(C(=O)O)N1C(=O)NC1CCOC(C)(C)C1. The highest BCUT2D eigenvalue weighted by Crippen LogP contribution is 2.29. The highest BCUT2D eigenvalue weighted by molar-refractivity contribution is 8.00. The summed E-state index contributed by atoms with van der Waals surface area (Å²) in [5.41, 5.74) is -0.242. The maximum atomic E-state index is 12.3. The number of hydrogen-bond acceptors (Lipinski definition) is 4. The third kappa shape index (κ3) is 3.38. The van der Waals surface area contributed by atoms with E-state index in [1.807, 2.05) is 20.8 Å². The lowest BCUT2D eigenvalue weighted by Gasteiger charge is -2.37. The third-order valence-electron chi connectivity index (χ3n) is 3.77. The average Bonchev–Trinajstić information content (AvgIpc) is 2.69. The molecule has 0 aromatic rings. The molecule has 2 amide bonds. The number of urea groups is 1. The Bertz CT molecular complexity index is 402. The van der Waals surface area contributed by atoms with E-state index in [1.54, 1.807) is 0 Å². The molecular weight excluding hydrogens is 280 g/mol. The fourth-order valence-electron chi connectivity index (χ4n) is 2.75. The Morgan fingerprint density at radius 1 is 1.45 bits per heavy atom. The number of carboxylic acid groups (broad SMARTS) is 1. The molecule has 0 saturated carbocycles. The second-order valence-corrected chi connectivity index (χ2v) is 7.29. The van der Waals surface area contributed by atoms with Gasteiger partial charge in [-0.2, -0.15) is 0 Å². The van der Waals surface area contributed by atoms with Crippen LogP contribution in [0.1, 0.15) is 33.6 Å². The first-order valence-electron chi connectivity index (χ1n) is 6.87. The number of carbonyl (C=O) groups excluding carboxylic acids is 1. The molecule has 2 aliphatic heterocycles. The molecule has 0 bridgehead atoms. The van der Waals surface area contributed by atoms with Crippen LogP contribution in [0.25, 0.3) is 0 Å². The molecule has 2 N–H and O–H groups in total. The zero-order valence-electron chi connectivity index (χ0n) is 12.1. The number of carbonyl (C=O) groups is 2. The molecule has 2 rings (SSSR count). The van der Waals surface area contributed by atoms with Crippen LogP contribution in [-0.2, 0) is 9.53 Å². The molecule has 20 heavy (non-hydrogen) atoms. The van der Waals surface area contributed by atoms with Gasteiger partial charge in [0.25, 0.3) is 0 Å². The molecule has 2 saturated heterocycles. The van der Waals surface area contributed by atoms with Gasteiger partial charge in [-0.1, -0.05) is 0 Å². The number of aliphatic carboxylic acids is 1. The lowest BCUT2D eigenvalue weighted by atomic mass is 9.94. The molecule has 114 valence electrons. The van der Waals surface area contributed by atoms with Gasteiger partial charge in [0.1, 0.15) is 6.04 Å². The van der Waals surface area contributed by atoms with Crippen LogP contribution in [0.5, 0.6) is 0 Å². The molecule has 0 aromatic heterocycles. The van der Waals surface area contributed by atoms with E-state index in [0.717, 1.165) is 12.8 Å². The van der Waals surface area contributed by atoms with Crippen molar-refractivity contribution in [3.63, 3.8) is 0 Å². The lowest BCUT2D eigenvalue weighted by molar-refractivity contribution is -0.141. The Hall–Kier alpha value is -0.950. The van der Waals surface area contributed by atoms with Gasteiger partial charge in [-0.3, -0.25) is 4.90 Å². The molecular formula is C13H22N2O4S. The molecule has 3 unspecified atom stereocenters. The molecule has 0 aliphatic carbocycles. The van der Waals surface area contributed by atoms with Crippen molar-refractivity contribution in [3.05, 3.63) is 0 Å². The van der Waals surface area contributed by atoms with Crippen LogP contribution in [0.4, 0.5) is 4.79 Å². The average molecular weight is 302 g/mol. The fraction of sp³-hybridized carbons (Fsp3) is 0.846. The second kappa shape index (κ2) is 5.81. The smallest absolute Gasteiger partial charge is 0.327 e. The first kappa shape index (κ1) is 15.4.